The first kappa shape index (κ1) is 12.6. The number of carbonyl (C=O) groups excluding carboxylic acids is 2. The Hall–Kier alpha value is -1.86. The number of benzene rings is 1. The Labute approximate surface area is 110 Å². The first-order chi connectivity index (χ1) is 8.47. The van der Waals surface area contributed by atoms with Crippen molar-refractivity contribution >= 4 is 46.3 Å². The molecule has 18 heavy (non-hydrogen) atoms. The molecule has 0 aliphatic carbocycles. The Morgan fingerprint density at radius 2 is 2.11 bits per heavy atom. The van der Waals surface area contributed by atoms with Gasteiger partial charge in [-0.15, -0.1) is 0 Å². The summed E-state index contributed by atoms with van der Waals surface area (Å²) < 4.78 is 0. The van der Waals surface area contributed by atoms with Gasteiger partial charge in [-0.2, -0.15) is 0 Å². The molecule has 1 aromatic carbocycles. The van der Waals surface area contributed by atoms with E-state index in [1.807, 2.05) is 0 Å². The van der Waals surface area contributed by atoms with Crippen molar-refractivity contribution in [2.24, 2.45) is 0 Å². The lowest BCUT2D eigenvalue weighted by Gasteiger charge is -1.98. The highest BCUT2D eigenvalue weighted by Crippen LogP contribution is 2.29. The molecule has 0 aromatic heterocycles. The van der Waals surface area contributed by atoms with Gasteiger partial charge < -0.3 is 0 Å². The minimum atomic E-state index is -0.614. The number of halogens is 1. The van der Waals surface area contributed by atoms with E-state index < -0.39 is 16.1 Å². The lowest BCUT2D eigenvalue weighted by Crippen LogP contribution is -2.17. The molecule has 6 nitrogen and oxygen atoms in total. The summed E-state index contributed by atoms with van der Waals surface area (Å²) in [6.45, 7) is 0. The number of nitro benzene ring substituents is 1. The highest BCUT2D eigenvalue weighted by atomic mass is 35.5. The van der Waals surface area contributed by atoms with E-state index in [2.05, 4.69) is 5.32 Å². The molecule has 0 radical (unpaired) electrons. The summed E-state index contributed by atoms with van der Waals surface area (Å²) in [5.41, 5.74) is 0.180. The number of nitrogens with one attached hydrogen (secondary N) is 1. The van der Waals surface area contributed by atoms with E-state index in [0.29, 0.717) is 5.56 Å². The Bertz CT molecular complexity index is 600. The molecule has 2 amide bonds. The van der Waals surface area contributed by atoms with Crippen molar-refractivity contribution in [2.75, 3.05) is 0 Å². The van der Waals surface area contributed by atoms with E-state index in [4.69, 9.17) is 11.6 Å². The van der Waals surface area contributed by atoms with Crippen molar-refractivity contribution in [1.82, 2.24) is 5.32 Å². The van der Waals surface area contributed by atoms with Gasteiger partial charge in [-0.25, -0.2) is 0 Å². The Balaban J connectivity index is 2.38. The SMILES string of the molecule is O=C1NC(=O)/C(=C\c2ccc(Cl)c([N+](=O)[O-])c2)S1. The van der Waals surface area contributed by atoms with E-state index in [0.717, 1.165) is 11.8 Å². The number of hydrogen-bond donors (Lipinski definition) is 1. The molecule has 0 atom stereocenters. The Morgan fingerprint density at radius 1 is 1.39 bits per heavy atom. The quantitative estimate of drug-likeness (QED) is 0.512. The van der Waals surface area contributed by atoms with Crippen LogP contribution in [0.5, 0.6) is 0 Å². The number of rotatable bonds is 2. The molecule has 1 heterocycles. The lowest BCUT2D eigenvalue weighted by atomic mass is 10.2. The molecule has 1 aliphatic heterocycles. The van der Waals surface area contributed by atoms with Crippen molar-refractivity contribution in [1.29, 1.82) is 0 Å². The maximum absolute atomic E-state index is 11.3. The summed E-state index contributed by atoms with van der Waals surface area (Å²) in [5.74, 6) is -0.511. The van der Waals surface area contributed by atoms with Gasteiger partial charge in [-0.1, -0.05) is 17.7 Å². The standard InChI is InChI=1S/C10H5ClN2O4S/c11-6-2-1-5(3-7(6)13(16)17)4-8-9(14)12-10(15)18-8/h1-4H,(H,12,14,15)/b8-4+. The van der Waals surface area contributed by atoms with Gasteiger partial charge in [-0.3, -0.25) is 25.0 Å². The number of imide groups is 1. The molecule has 92 valence electrons. The molecule has 1 aromatic rings. The Morgan fingerprint density at radius 3 is 2.67 bits per heavy atom. The van der Waals surface area contributed by atoms with Gasteiger partial charge in [-0.05, 0) is 29.5 Å². The van der Waals surface area contributed by atoms with Crippen LogP contribution in [0.4, 0.5) is 10.5 Å². The zero-order valence-electron chi connectivity index (χ0n) is 8.68. The molecular weight excluding hydrogens is 280 g/mol. The first-order valence-corrected chi connectivity index (χ1v) is 5.85. The average Bonchev–Trinajstić information content (AvgIpc) is 2.60. The second kappa shape index (κ2) is 4.79. The van der Waals surface area contributed by atoms with Crippen LogP contribution in [-0.4, -0.2) is 16.1 Å². The van der Waals surface area contributed by atoms with Crippen molar-refractivity contribution < 1.29 is 14.5 Å². The van der Waals surface area contributed by atoms with Crippen LogP contribution in [-0.2, 0) is 4.79 Å². The third kappa shape index (κ3) is 2.52. The second-order valence-electron chi connectivity index (χ2n) is 3.32. The van der Waals surface area contributed by atoms with Crippen LogP contribution in [0.2, 0.25) is 5.02 Å². The number of thioether (sulfide) groups is 1. The van der Waals surface area contributed by atoms with Gasteiger partial charge in [0.15, 0.2) is 0 Å². The summed E-state index contributed by atoms with van der Waals surface area (Å²) in [6.07, 6.45) is 1.40. The van der Waals surface area contributed by atoms with Crippen LogP contribution in [0.3, 0.4) is 0 Å². The molecular formula is C10H5ClN2O4S. The topological polar surface area (TPSA) is 89.3 Å². The number of nitro groups is 1. The smallest absolute Gasteiger partial charge is 0.282 e. The van der Waals surface area contributed by atoms with E-state index >= 15 is 0 Å². The monoisotopic (exact) mass is 284 g/mol. The van der Waals surface area contributed by atoms with E-state index in [1.165, 1.54) is 24.3 Å². The molecule has 1 saturated heterocycles. The van der Waals surface area contributed by atoms with Gasteiger partial charge in [0.2, 0.25) is 0 Å². The van der Waals surface area contributed by atoms with Crippen molar-refractivity contribution in [3.8, 4) is 0 Å². The molecule has 0 unspecified atom stereocenters. The van der Waals surface area contributed by atoms with Crippen LogP contribution in [0.25, 0.3) is 6.08 Å². The number of amides is 2. The maximum Gasteiger partial charge on any atom is 0.290 e. The van der Waals surface area contributed by atoms with Gasteiger partial charge >= 0.3 is 0 Å². The van der Waals surface area contributed by atoms with E-state index in [1.54, 1.807) is 0 Å². The van der Waals surface area contributed by atoms with Crippen molar-refractivity contribution in [3.63, 3.8) is 0 Å². The van der Waals surface area contributed by atoms with E-state index in [9.17, 15) is 19.7 Å². The summed E-state index contributed by atoms with van der Waals surface area (Å²) in [7, 11) is 0. The predicted molar refractivity (Wildman–Crippen MR) is 67.2 cm³/mol. The van der Waals surface area contributed by atoms with Gasteiger partial charge in [0, 0.05) is 6.07 Å². The average molecular weight is 285 g/mol. The molecule has 0 bridgehead atoms. The predicted octanol–water partition coefficient (Wildman–Crippen LogP) is 2.57. The Kier molecular flexibility index (Phi) is 3.35. The normalized spacial score (nSPS) is 17.1. The molecule has 0 saturated carbocycles. The van der Waals surface area contributed by atoms with E-state index in [-0.39, 0.29) is 15.6 Å². The van der Waals surface area contributed by atoms with Crippen molar-refractivity contribution in [3.05, 3.63) is 43.8 Å². The zero-order chi connectivity index (χ0) is 13.3. The fourth-order valence-electron chi connectivity index (χ4n) is 1.33. The molecule has 8 heteroatoms. The summed E-state index contributed by atoms with van der Waals surface area (Å²) in [6, 6.07) is 4.14. The lowest BCUT2D eigenvalue weighted by molar-refractivity contribution is -0.384. The minimum Gasteiger partial charge on any atom is -0.282 e. The molecule has 1 N–H and O–H groups in total. The van der Waals surface area contributed by atoms with Gasteiger partial charge in [0.1, 0.15) is 5.02 Å². The zero-order valence-corrected chi connectivity index (χ0v) is 10.2. The highest BCUT2D eigenvalue weighted by Gasteiger charge is 2.25. The number of nitrogens with zero attached hydrogens (tertiary/aromatic N) is 1. The first-order valence-electron chi connectivity index (χ1n) is 4.66. The van der Waals surface area contributed by atoms with Crippen LogP contribution in [0.15, 0.2) is 23.1 Å². The molecule has 1 aliphatic rings. The molecule has 1 fully saturated rings. The number of hydrogen-bond acceptors (Lipinski definition) is 5. The fourth-order valence-corrected chi connectivity index (χ4v) is 2.20. The van der Waals surface area contributed by atoms with Crippen molar-refractivity contribution in [2.45, 2.75) is 0 Å². The van der Waals surface area contributed by atoms with Crippen LogP contribution in [0.1, 0.15) is 5.56 Å². The second-order valence-corrected chi connectivity index (χ2v) is 4.74. The van der Waals surface area contributed by atoms with Gasteiger partial charge in [0.05, 0.1) is 9.83 Å². The number of carbonyl (C=O) groups is 2. The summed E-state index contributed by atoms with van der Waals surface area (Å²) in [5, 5.41) is 12.3. The third-order valence-electron chi connectivity index (χ3n) is 2.11. The van der Waals surface area contributed by atoms with Crippen LogP contribution < -0.4 is 5.32 Å². The fraction of sp³-hybridized carbons (Fsp3) is 0. The highest BCUT2D eigenvalue weighted by molar-refractivity contribution is 8.18. The summed E-state index contributed by atoms with van der Waals surface area (Å²) in [4.78, 5) is 32.5. The molecule has 0 spiro atoms. The molecule has 2 rings (SSSR count). The minimum absolute atomic E-state index is 0.0155. The maximum atomic E-state index is 11.3. The van der Waals surface area contributed by atoms with Crippen LogP contribution in [0, 0.1) is 10.1 Å². The largest absolute Gasteiger partial charge is 0.290 e. The summed E-state index contributed by atoms with van der Waals surface area (Å²) >= 11 is 6.40. The van der Waals surface area contributed by atoms with Gasteiger partial charge in [0.25, 0.3) is 16.8 Å². The third-order valence-corrected chi connectivity index (χ3v) is 3.24. The van der Waals surface area contributed by atoms with Crippen LogP contribution >= 0.6 is 23.4 Å².